The first-order valence-electron chi connectivity index (χ1n) is 5.98. The Hall–Kier alpha value is -1.77. The van der Waals surface area contributed by atoms with Crippen molar-refractivity contribution < 1.29 is 9.84 Å². The highest BCUT2D eigenvalue weighted by molar-refractivity contribution is 6.30. The zero-order chi connectivity index (χ0) is 13.7. The maximum absolute atomic E-state index is 10.4. The third kappa shape index (κ3) is 3.37. The van der Waals surface area contributed by atoms with Crippen molar-refractivity contribution >= 4 is 11.6 Å². The van der Waals surface area contributed by atoms with Crippen LogP contribution in [-0.4, -0.2) is 11.7 Å². The Kier molecular flexibility index (Phi) is 4.61. The second kappa shape index (κ2) is 6.41. The van der Waals surface area contributed by atoms with Crippen LogP contribution in [0.25, 0.3) is 0 Å². The highest BCUT2D eigenvalue weighted by atomic mass is 35.5. The first-order chi connectivity index (χ1) is 9.22. The molecule has 0 spiro atoms. The minimum atomic E-state index is -0.738. The SMILES string of the molecule is C=CCOc1cc(Cl)ccc1C(O)c1ccccc1. The predicted molar refractivity (Wildman–Crippen MR) is 77.6 cm³/mol. The summed E-state index contributed by atoms with van der Waals surface area (Å²) >= 11 is 5.96. The van der Waals surface area contributed by atoms with Gasteiger partial charge in [0.25, 0.3) is 0 Å². The Bertz CT molecular complexity index is 552. The monoisotopic (exact) mass is 274 g/mol. The first kappa shape index (κ1) is 13.7. The molecule has 0 aliphatic rings. The fraction of sp³-hybridized carbons (Fsp3) is 0.125. The molecule has 0 amide bonds. The summed E-state index contributed by atoms with van der Waals surface area (Å²) in [6.07, 6.45) is 0.915. The summed E-state index contributed by atoms with van der Waals surface area (Å²) in [6.45, 7) is 3.98. The highest BCUT2D eigenvalue weighted by Gasteiger charge is 2.15. The Morgan fingerprint density at radius 3 is 2.63 bits per heavy atom. The number of benzene rings is 2. The normalized spacial score (nSPS) is 11.9. The number of aliphatic hydroxyl groups excluding tert-OH is 1. The van der Waals surface area contributed by atoms with Crippen molar-refractivity contribution in [2.24, 2.45) is 0 Å². The summed E-state index contributed by atoms with van der Waals surface area (Å²) in [4.78, 5) is 0. The lowest BCUT2D eigenvalue weighted by Crippen LogP contribution is -2.04. The van der Waals surface area contributed by atoms with Gasteiger partial charge in [0.1, 0.15) is 18.5 Å². The number of halogens is 1. The Morgan fingerprint density at radius 1 is 1.21 bits per heavy atom. The van der Waals surface area contributed by atoms with Crippen LogP contribution in [-0.2, 0) is 0 Å². The van der Waals surface area contributed by atoms with Gasteiger partial charge in [-0.15, -0.1) is 0 Å². The quantitative estimate of drug-likeness (QED) is 0.836. The van der Waals surface area contributed by atoms with Crippen molar-refractivity contribution in [3.05, 3.63) is 77.3 Å². The minimum absolute atomic E-state index is 0.370. The molecule has 2 nitrogen and oxygen atoms in total. The van der Waals surface area contributed by atoms with Gasteiger partial charge in [-0.05, 0) is 17.7 Å². The van der Waals surface area contributed by atoms with Crippen LogP contribution in [0.5, 0.6) is 5.75 Å². The smallest absolute Gasteiger partial charge is 0.127 e. The average Bonchev–Trinajstić information content (AvgIpc) is 2.45. The van der Waals surface area contributed by atoms with Crippen LogP contribution in [0.15, 0.2) is 61.2 Å². The highest BCUT2D eigenvalue weighted by Crippen LogP contribution is 2.32. The van der Waals surface area contributed by atoms with Crippen LogP contribution >= 0.6 is 11.6 Å². The van der Waals surface area contributed by atoms with Gasteiger partial charge in [0, 0.05) is 10.6 Å². The van der Waals surface area contributed by atoms with Gasteiger partial charge in [-0.1, -0.05) is 60.7 Å². The molecule has 0 aromatic heterocycles. The molecule has 3 heteroatoms. The lowest BCUT2D eigenvalue weighted by atomic mass is 10.0. The van der Waals surface area contributed by atoms with Gasteiger partial charge < -0.3 is 9.84 Å². The zero-order valence-electron chi connectivity index (χ0n) is 10.4. The van der Waals surface area contributed by atoms with Crippen molar-refractivity contribution in [3.63, 3.8) is 0 Å². The second-order valence-corrected chi connectivity index (χ2v) is 4.53. The van der Waals surface area contributed by atoms with Crippen LogP contribution in [0.4, 0.5) is 0 Å². The summed E-state index contributed by atoms with van der Waals surface area (Å²) in [6, 6.07) is 14.6. The fourth-order valence-electron chi connectivity index (χ4n) is 1.82. The van der Waals surface area contributed by atoms with Gasteiger partial charge in [-0.25, -0.2) is 0 Å². The van der Waals surface area contributed by atoms with E-state index in [-0.39, 0.29) is 0 Å². The van der Waals surface area contributed by atoms with Crippen LogP contribution in [0.2, 0.25) is 5.02 Å². The summed E-state index contributed by atoms with van der Waals surface area (Å²) in [5, 5.41) is 11.0. The third-order valence-corrected chi connectivity index (χ3v) is 2.98. The van der Waals surface area contributed by atoms with Crippen molar-refractivity contribution in [2.45, 2.75) is 6.10 Å². The van der Waals surface area contributed by atoms with E-state index in [0.717, 1.165) is 5.56 Å². The van der Waals surface area contributed by atoms with E-state index >= 15 is 0 Å². The second-order valence-electron chi connectivity index (χ2n) is 4.10. The number of ether oxygens (including phenoxy) is 1. The van der Waals surface area contributed by atoms with Crippen LogP contribution in [0.1, 0.15) is 17.2 Å². The molecule has 0 heterocycles. The van der Waals surface area contributed by atoms with Crippen LogP contribution < -0.4 is 4.74 Å². The van der Waals surface area contributed by atoms with E-state index in [1.54, 1.807) is 24.3 Å². The number of hydrogen-bond acceptors (Lipinski definition) is 2. The van der Waals surface area contributed by atoms with E-state index < -0.39 is 6.10 Å². The van der Waals surface area contributed by atoms with Gasteiger partial charge in [0.2, 0.25) is 0 Å². The molecule has 2 aromatic rings. The molecule has 98 valence electrons. The van der Waals surface area contributed by atoms with E-state index in [9.17, 15) is 5.11 Å². The lowest BCUT2D eigenvalue weighted by molar-refractivity contribution is 0.213. The standard InChI is InChI=1S/C16H15ClO2/c1-2-10-19-15-11-13(17)8-9-14(15)16(18)12-6-4-3-5-7-12/h2-9,11,16,18H,1,10H2. The molecular formula is C16H15ClO2. The Labute approximate surface area is 117 Å². The summed E-state index contributed by atoms with van der Waals surface area (Å²) in [5.41, 5.74) is 1.51. The Morgan fingerprint density at radius 2 is 1.95 bits per heavy atom. The molecule has 1 unspecified atom stereocenters. The molecule has 0 saturated carbocycles. The number of hydrogen-bond donors (Lipinski definition) is 1. The van der Waals surface area contributed by atoms with Crippen molar-refractivity contribution in [1.29, 1.82) is 0 Å². The van der Waals surface area contributed by atoms with Crippen molar-refractivity contribution in [3.8, 4) is 5.75 Å². The molecular weight excluding hydrogens is 260 g/mol. The van der Waals surface area contributed by atoms with E-state index in [1.807, 2.05) is 30.3 Å². The molecule has 2 rings (SSSR count). The van der Waals surface area contributed by atoms with Gasteiger partial charge in [-0.3, -0.25) is 0 Å². The lowest BCUT2D eigenvalue weighted by Gasteiger charge is -2.16. The summed E-state index contributed by atoms with van der Waals surface area (Å²) in [5.74, 6) is 0.573. The van der Waals surface area contributed by atoms with Gasteiger partial charge >= 0.3 is 0 Å². The molecule has 0 fully saturated rings. The molecule has 1 atom stereocenters. The van der Waals surface area contributed by atoms with Gasteiger partial charge in [0.15, 0.2) is 0 Å². The minimum Gasteiger partial charge on any atom is -0.489 e. The first-order valence-corrected chi connectivity index (χ1v) is 6.36. The number of aliphatic hydroxyl groups is 1. The largest absolute Gasteiger partial charge is 0.489 e. The average molecular weight is 275 g/mol. The zero-order valence-corrected chi connectivity index (χ0v) is 11.2. The van der Waals surface area contributed by atoms with E-state index in [1.165, 1.54) is 0 Å². The molecule has 2 aromatic carbocycles. The van der Waals surface area contributed by atoms with E-state index in [2.05, 4.69) is 6.58 Å². The van der Waals surface area contributed by atoms with E-state index in [4.69, 9.17) is 16.3 Å². The molecule has 0 aliphatic heterocycles. The van der Waals surface area contributed by atoms with Gasteiger partial charge in [-0.2, -0.15) is 0 Å². The summed E-state index contributed by atoms with van der Waals surface area (Å²) in [7, 11) is 0. The van der Waals surface area contributed by atoms with Crippen molar-refractivity contribution in [1.82, 2.24) is 0 Å². The molecule has 0 radical (unpaired) electrons. The molecule has 1 N–H and O–H groups in total. The van der Waals surface area contributed by atoms with Gasteiger partial charge in [0.05, 0.1) is 0 Å². The van der Waals surface area contributed by atoms with Crippen LogP contribution in [0.3, 0.4) is 0 Å². The number of rotatable bonds is 5. The topological polar surface area (TPSA) is 29.5 Å². The molecule has 0 aliphatic carbocycles. The Balaban J connectivity index is 2.35. The van der Waals surface area contributed by atoms with Crippen molar-refractivity contribution in [2.75, 3.05) is 6.61 Å². The predicted octanol–water partition coefficient (Wildman–Crippen LogP) is 3.99. The van der Waals surface area contributed by atoms with E-state index in [0.29, 0.717) is 22.9 Å². The summed E-state index contributed by atoms with van der Waals surface area (Å²) < 4.78 is 5.55. The fourth-order valence-corrected chi connectivity index (χ4v) is 1.98. The molecule has 0 bridgehead atoms. The third-order valence-electron chi connectivity index (χ3n) is 2.74. The van der Waals surface area contributed by atoms with Crippen LogP contribution in [0, 0.1) is 0 Å². The molecule has 19 heavy (non-hydrogen) atoms. The molecule has 0 saturated heterocycles. The maximum Gasteiger partial charge on any atom is 0.127 e. The maximum atomic E-state index is 10.4.